The molecule has 1 fully saturated rings. The van der Waals surface area contributed by atoms with Gasteiger partial charge in [-0.2, -0.15) is 10.5 Å². The van der Waals surface area contributed by atoms with E-state index in [2.05, 4.69) is 9.47 Å². The maximum atomic E-state index is 12.6. The van der Waals surface area contributed by atoms with Crippen molar-refractivity contribution in [1.82, 2.24) is 0 Å². The van der Waals surface area contributed by atoms with Gasteiger partial charge in [-0.15, -0.1) is 11.3 Å². The first-order chi connectivity index (χ1) is 10.5. The average molecular weight is 318 g/mol. The fraction of sp³-hybridized carbons (Fsp3) is 0.357. The highest BCUT2D eigenvalue weighted by atomic mass is 32.1. The molecule has 0 aliphatic heterocycles. The summed E-state index contributed by atoms with van der Waals surface area (Å²) in [6.45, 7) is 0. The van der Waals surface area contributed by atoms with E-state index in [4.69, 9.17) is 0 Å². The van der Waals surface area contributed by atoms with Crippen molar-refractivity contribution in [3.8, 4) is 12.1 Å². The van der Waals surface area contributed by atoms with E-state index in [9.17, 15) is 24.9 Å². The molecule has 0 radical (unpaired) electrons. The van der Waals surface area contributed by atoms with Crippen LogP contribution in [0.4, 0.5) is 0 Å². The number of ether oxygens (including phenoxy) is 2. The molecule has 0 amide bonds. The minimum atomic E-state index is -2.19. The van der Waals surface area contributed by atoms with Crippen LogP contribution in [0.3, 0.4) is 0 Å². The number of rotatable bonds is 4. The van der Waals surface area contributed by atoms with Gasteiger partial charge in [0.25, 0.3) is 0 Å². The quantitative estimate of drug-likeness (QED) is 0.598. The van der Waals surface area contributed by atoms with Crippen molar-refractivity contribution >= 4 is 29.1 Å². The molecule has 3 atom stereocenters. The van der Waals surface area contributed by atoms with Gasteiger partial charge in [-0.1, -0.05) is 6.07 Å². The first-order valence-corrected chi connectivity index (χ1v) is 6.93. The molecule has 1 heterocycles. The minimum absolute atomic E-state index is 0.245. The van der Waals surface area contributed by atoms with Crippen molar-refractivity contribution in [3.05, 3.63) is 22.4 Å². The summed E-state index contributed by atoms with van der Waals surface area (Å²) in [4.78, 5) is 36.9. The lowest BCUT2D eigenvalue weighted by molar-refractivity contribution is -0.153. The van der Waals surface area contributed by atoms with Crippen molar-refractivity contribution in [1.29, 1.82) is 10.5 Å². The van der Waals surface area contributed by atoms with Crippen molar-refractivity contribution in [2.45, 2.75) is 0 Å². The van der Waals surface area contributed by atoms with E-state index in [0.717, 1.165) is 25.6 Å². The second kappa shape index (κ2) is 5.24. The van der Waals surface area contributed by atoms with Crippen molar-refractivity contribution < 1.29 is 23.9 Å². The SMILES string of the molecule is COC(=O)[C@@]1(C#N)C(C(=O)c2cccs2)[C@@]1(C#N)C(=O)OC. The molecular formula is C14H10N2O5S. The Morgan fingerprint density at radius 2 is 1.64 bits per heavy atom. The van der Waals surface area contributed by atoms with Gasteiger partial charge in [-0.25, -0.2) is 0 Å². The Balaban J connectivity index is 2.63. The van der Waals surface area contributed by atoms with Gasteiger partial charge in [0.05, 0.1) is 37.2 Å². The average Bonchev–Trinajstić information content (AvgIpc) is 2.86. The molecule has 7 nitrogen and oxygen atoms in total. The first-order valence-electron chi connectivity index (χ1n) is 6.05. The van der Waals surface area contributed by atoms with E-state index in [0.29, 0.717) is 0 Å². The number of carbonyl (C=O) groups excluding carboxylic acids is 3. The summed E-state index contributed by atoms with van der Waals surface area (Å²) >= 11 is 1.09. The molecule has 1 aromatic rings. The van der Waals surface area contributed by atoms with E-state index in [1.54, 1.807) is 23.6 Å². The van der Waals surface area contributed by atoms with Gasteiger partial charge >= 0.3 is 11.9 Å². The lowest BCUT2D eigenvalue weighted by Crippen LogP contribution is -2.29. The van der Waals surface area contributed by atoms with Crippen LogP contribution in [0, 0.1) is 39.4 Å². The molecule has 2 rings (SSSR count). The first kappa shape index (κ1) is 15.7. The van der Waals surface area contributed by atoms with Crippen LogP contribution >= 0.6 is 11.3 Å². The predicted octanol–water partition coefficient (Wildman–Crippen LogP) is 0.927. The number of ketones is 1. The summed E-state index contributed by atoms with van der Waals surface area (Å²) in [5.74, 6) is -4.28. The molecule has 8 heteroatoms. The van der Waals surface area contributed by atoms with E-state index in [1.807, 2.05) is 0 Å². The third kappa shape index (κ3) is 1.62. The maximum absolute atomic E-state index is 12.6. The van der Waals surface area contributed by atoms with Crippen molar-refractivity contribution in [2.75, 3.05) is 14.2 Å². The zero-order chi connectivity index (χ0) is 16.5. The summed E-state index contributed by atoms with van der Waals surface area (Å²) < 4.78 is 9.10. The zero-order valence-electron chi connectivity index (χ0n) is 11.7. The number of thiophene rings is 1. The Labute approximate surface area is 129 Å². The molecule has 1 aliphatic carbocycles. The zero-order valence-corrected chi connectivity index (χ0v) is 12.5. The fourth-order valence-electron chi connectivity index (χ4n) is 2.71. The second-order valence-corrected chi connectivity index (χ2v) is 5.55. The molecular weight excluding hydrogens is 308 g/mol. The maximum Gasteiger partial charge on any atom is 0.329 e. The van der Waals surface area contributed by atoms with E-state index < -0.39 is 34.5 Å². The van der Waals surface area contributed by atoms with Gasteiger partial charge in [0.2, 0.25) is 0 Å². The summed E-state index contributed by atoms with van der Waals surface area (Å²) in [5.41, 5.74) is -4.38. The molecule has 0 spiro atoms. The molecule has 112 valence electrons. The minimum Gasteiger partial charge on any atom is -0.468 e. The Morgan fingerprint density at radius 1 is 1.14 bits per heavy atom. The standard InChI is InChI=1S/C14H10N2O5S/c1-20-11(18)13(6-15)10(9(17)8-4-3-5-22-8)14(13,7-16)12(19)21-2/h3-5,10H,1-2H3/t10?,13-,14+. The van der Waals surface area contributed by atoms with Crippen LogP contribution in [0.2, 0.25) is 0 Å². The second-order valence-electron chi connectivity index (χ2n) is 4.60. The van der Waals surface area contributed by atoms with Gasteiger partial charge < -0.3 is 9.47 Å². The van der Waals surface area contributed by atoms with Gasteiger partial charge in [0, 0.05) is 0 Å². The highest BCUT2D eigenvalue weighted by molar-refractivity contribution is 7.12. The van der Waals surface area contributed by atoms with Crippen LogP contribution in [0.15, 0.2) is 17.5 Å². The summed E-state index contributed by atoms with van der Waals surface area (Å²) in [5, 5.41) is 20.5. The fourth-order valence-corrected chi connectivity index (χ4v) is 3.40. The van der Waals surface area contributed by atoms with Crippen LogP contribution in [0.25, 0.3) is 0 Å². The Kier molecular flexibility index (Phi) is 3.74. The van der Waals surface area contributed by atoms with E-state index in [-0.39, 0.29) is 4.88 Å². The molecule has 1 aromatic heterocycles. The van der Waals surface area contributed by atoms with Crippen LogP contribution in [-0.4, -0.2) is 31.9 Å². The Morgan fingerprint density at radius 3 is 1.95 bits per heavy atom. The molecule has 1 aliphatic rings. The lowest BCUT2D eigenvalue weighted by atomic mass is 9.95. The number of esters is 2. The number of nitriles is 2. The number of hydrogen-bond acceptors (Lipinski definition) is 8. The number of Topliss-reactive ketones (excluding diaryl/α,β-unsaturated/α-hetero) is 1. The summed E-state index contributed by atoms with van der Waals surface area (Å²) in [6, 6.07) is 6.38. The van der Waals surface area contributed by atoms with Crippen LogP contribution in [-0.2, 0) is 19.1 Å². The third-order valence-corrected chi connectivity index (χ3v) is 4.68. The van der Waals surface area contributed by atoms with Crippen LogP contribution in [0.5, 0.6) is 0 Å². The van der Waals surface area contributed by atoms with Gasteiger partial charge in [0.1, 0.15) is 0 Å². The normalized spacial score (nSPS) is 28.8. The topological polar surface area (TPSA) is 117 Å². The predicted molar refractivity (Wildman–Crippen MR) is 72.3 cm³/mol. The van der Waals surface area contributed by atoms with Crippen molar-refractivity contribution in [2.24, 2.45) is 16.7 Å². The number of methoxy groups -OCH3 is 2. The van der Waals surface area contributed by atoms with Gasteiger partial charge in [-0.3, -0.25) is 14.4 Å². The molecule has 0 saturated heterocycles. The van der Waals surface area contributed by atoms with Gasteiger partial charge in [-0.05, 0) is 11.4 Å². The number of hydrogen-bond donors (Lipinski definition) is 0. The van der Waals surface area contributed by atoms with Crippen LogP contribution < -0.4 is 0 Å². The molecule has 0 N–H and O–H groups in total. The molecule has 1 unspecified atom stereocenters. The largest absolute Gasteiger partial charge is 0.468 e. The Hall–Kier alpha value is -2.71. The highest BCUT2D eigenvalue weighted by Gasteiger charge is 2.91. The summed E-state index contributed by atoms with van der Waals surface area (Å²) in [7, 11) is 2.04. The van der Waals surface area contributed by atoms with Crippen LogP contribution in [0.1, 0.15) is 9.67 Å². The Bertz CT molecular complexity index is 689. The monoisotopic (exact) mass is 318 g/mol. The number of nitrogens with zero attached hydrogens (tertiary/aromatic N) is 2. The molecule has 22 heavy (non-hydrogen) atoms. The molecule has 0 bridgehead atoms. The lowest BCUT2D eigenvalue weighted by Gasteiger charge is -2.09. The molecule has 0 aromatic carbocycles. The number of carbonyl (C=O) groups is 3. The van der Waals surface area contributed by atoms with Crippen molar-refractivity contribution in [3.63, 3.8) is 0 Å². The van der Waals surface area contributed by atoms with Gasteiger partial charge in [0.15, 0.2) is 16.6 Å². The smallest absolute Gasteiger partial charge is 0.329 e. The van der Waals surface area contributed by atoms with E-state index in [1.165, 1.54) is 6.07 Å². The third-order valence-electron chi connectivity index (χ3n) is 3.80. The van der Waals surface area contributed by atoms with E-state index >= 15 is 0 Å². The molecule has 1 saturated carbocycles. The highest BCUT2D eigenvalue weighted by Crippen LogP contribution is 2.70. The summed E-state index contributed by atoms with van der Waals surface area (Å²) in [6.07, 6.45) is 0.